The molecule has 2 N–H and O–H groups in total. The third kappa shape index (κ3) is 4.73. The van der Waals surface area contributed by atoms with Crippen molar-refractivity contribution in [2.45, 2.75) is 71.5 Å². The van der Waals surface area contributed by atoms with E-state index in [1.165, 1.54) is 13.3 Å². The number of hydrogen-bond acceptors (Lipinski definition) is 6. The van der Waals surface area contributed by atoms with Crippen molar-refractivity contribution >= 4 is 28.7 Å². The number of carboxylic acid groups (broad SMARTS) is 1. The number of carboxylic acids is 1. The molecule has 1 unspecified atom stereocenters. The number of amides is 1. The maximum absolute atomic E-state index is 15.9. The fraction of sp³-hybridized carbons (Fsp3) is 0.577. The molecule has 2 fully saturated rings. The predicted octanol–water partition coefficient (Wildman–Crippen LogP) is 4.66. The third-order valence-electron chi connectivity index (χ3n) is 7.12. The fourth-order valence-electron chi connectivity index (χ4n) is 5.07. The summed E-state index contributed by atoms with van der Waals surface area (Å²) < 4.78 is 28.6. The van der Waals surface area contributed by atoms with Gasteiger partial charge in [0, 0.05) is 24.2 Å². The second kappa shape index (κ2) is 9.99. The van der Waals surface area contributed by atoms with Crippen molar-refractivity contribution in [2.24, 2.45) is 5.41 Å². The number of unbranched alkanes of at least 4 members (excludes halogenated alkanes) is 1. The van der Waals surface area contributed by atoms with Gasteiger partial charge < -0.3 is 29.4 Å². The van der Waals surface area contributed by atoms with Gasteiger partial charge in [-0.15, -0.1) is 0 Å². The summed E-state index contributed by atoms with van der Waals surface area (Å²) in [5, 5.41) is 12.4. The predicted molar refractivity (Wildman–Crippen MR) is 133 cm³/mol. The number of alkyl carbamates (subject to hydrolysis) is 1. The SMILES string of the molecule is CCCCOC(=O)NC1N(c2c(F)cc3c(=O)c(C(=O)O)cn(C4CC4)c3c2OC)CCCC1(C)C. The summed E-state index contributed by atoms with van der Waals surface area (Å²) >= 11 is 0. The highest BCUT2D eigenvalue weighted by atomic mass is 19.1. The first-order valence-corrected chi connectivity index (χ1v) is 12.5. The molecule has 196 valence electrons. The summed E-state index contributed by atoms with van der Waals surface area (Å²) in [6, 6.07) is 1.10. The van der Waals surface area contributed by atoms with Crippen LogP contribution in [-0.2, 0) is 4.74 Å². The lowest BCUT2D eigenvalue weighted by atomic mass is 9.80. The van der Waals surface area contributed by atoms with Gasteiger partial charge in [-0.05, 0) is 38.2 Å². The van der Waals surface area contributed by atoms with Crippen molar-refractivity contribution < 1.29 is 28.6 Å². The molecule has 1 amide bonds. The lowest BCUT2D eigenvalue weighted by Gasteiger charge is -2.47. The zero-order chi connectivity index (χ0) is 26.2. The molecule has 2 aromatic rings. The van der Waals surface area contributed by atoms with Crippen LogP contribution in [0.3, 0.4) is 0 Å². The highest BCUT2D eigenvalue weighted by Gasteiger charge is 2.42. The van der Waals surface area contributed by atoms with Gasteiger partial charge >= 0.3 is 12.1 Å². The lowest BCUT2D eigenvalue weighted by Crippen LogP contribution is -2.59. The van der Waals surface area contributed by atoms with Gasteiger partial charge in [0.05, 0.1) is 24.6 Å². The van der Waals surface area contributed by atoms with Crippen LogP contribution in [0.2, 0.25) is 0 Å². The number of benzene rings is 1. The van der Waals surface area contributed by atoms with Crippen LogP contribution in [-0.4, -0.2) is 48.2 Å². The number of pyridine rings is 1. The number of carbonyl (C=O) groups is 2. The Hall–Kier alpha value is -3.30. The minimum atomic E-state index is -1.36. The molecule has 36 heavy (non-hydrogen) atoms. The quantitative estimate of drug-likeness (QED) is 0.504. The summed E-state index contributed by atoms with van der Waals surface area (Å²) in [5.74, 6) is -1.93. The highest BCUT2D eigenvalue weighted by Crippen LogP contribution is 2.46. The van der Waals surface area contributed by atoms with Crippen LogP contribution in [0.5, 0.6) is 5.75 Å². The van der Waals surface area contributed by atoms with Crippen molar-refractivity contribution in [2.75, 3.05) is 25.2 Å². The first-order chi connectivity index (χ1) is 17.1. The summed E-state index contributed by atoms with van der Waals surface area (Å²) in [6.45, 7) is 6.75. The number of hydrogen-bond donors (Lipinski definition) is 2. The third-order valence-corrected chi connectivity index (χ3v) is 7.12. The Morgan fingerprint density at radius 3 is 2.64 bits per heavy atom. The zero-order valence-electron chi connectivity index (χ0n) is 21.2. The van der Waals surface area contributed by atoms with Crippen molar-refractivity contribution in [1.82, 2.24) is 9.88 Å². The molecule has 9 nitrogen and oxygen atoms in total. The molecule has 1 saturated heterocycles. The maximum atomic E-state index is 15.9. The summed E-state index contributed by atoms with van der Waals surface area (Å²) in [6.07, 6.45) is 4.98. The number of nitrogens with zero attached hydrogens (tertiary/aromatic N) is 2. The Kier molecular flexibility index (Phi) is 7.15. The number of ether oxygens (including phenoxy) is 2. The number of anilines is 1. The van der Waals surface area contributed by atoms with E-state index >= 15 is 4.39 Å². The van der Waals surface area contributed by atoms with Gasteiger partial charge in [0.2, 0.25) is 5.43 Å². The van der Waals surface area contributed by atoms with E-state index in [0.717, 1.165) is 44.6 Å². The minimum absolute atomic E-state index is 0.00123. The second-order valence-electron chi connectivity index (χ2n) is 10.3. The van der Waals surface area contributed by atoms with Crippen LogP contribution < -0.4 is 20.4 Å². The van der Waals surface area contributed by atoms with Gasteiger partial charge in [-0.3, -0.25) is 4.79 Å². The van der Waals surface area contributed by atoms with Crippen molar-refractivity contribution in [3.63, 3.8) is 0 Å². The van der Waals surface area contributed by atoms with E-state index in [-0.39, 0.29) is 22.9 Å². The zero-order valence-corrected chi connectivity index (χ0v) is 21.2. The summed E-state index contributed by atoms with van der Waals surface area (Å²) in [4.78, 5) is 39.1. The van der Waals surface area contributed by atoms with E-state index in [0.29, 0.717) is 18.7 Å². The Morgan fingerprint density at radius 2 is 2.03 bits per heavy atom. The topological polar surface area (TPSA) is 110 Å². The molecule has 1 aromatic heterocycles. The molecule has 1 aliphatic carbocycles. The van der Waals surface area contributed by atoms with Crippen molar-refractivity contribution in [3.05, 3.63) is 33.9 Å². The number of piperidine rings is 1. The number of rotatable bonds is 8. The summed E-state index contributed by atoms with van der Waals surface area (Å²) in [5.41, 5.74) is -1.09. The Balaban J connectivity index is 1.87. The van der Waals surface area contributed by atoms with Gasteiger partial charge in [-0.1, -0.05) is 27.2 Å². The minimum Gasteiger partial charge on any atom is -0.492 e. The molecule has 2 heterocycles. The molecular formula is C26H34FN3O6. The van der Waals surface area contributed by atoms with E-state index in [9.17, 15) is 19.5 Å². The molecule has 10 heteroatoms. The van der Waals surface area contributed by atoms with E-state index in [4.69, 9.17) is 9.47 Å². The molecule has 1 aliphatic heterocycles. The van der Waals surface area contributed by atoms with E-state index < -0.39 is 40.5 Å². The van der Waals surface area contributed by atoms with Gasteiger partial charge in [-0.2, -0.15) is 0 Å². The monoisotopic (exact) mass is 503 g/mol. The van der Waals surface area contributed by atoms with Gasteiger partial charge in [-0.25, -0.2) is 14.0 Å². The lowest BCUT2D eigenvalue weighted by molar-refractivity contribution is 0.0694. The largest absolute Gasteiger partial charge is 0.492 e. The molecule has 0 spiro atoms. The molecule has 2 aliphatic rings. The van der Waals surface area contributed by atoms with E-state index in [1.54, 1.807) is 9.47 Å². The number of aromatic carboxylic acids is 1. The van der Waals surface area contributed by atoms with Crippen LogP contribution in [0, 0.1) is 11.2 Å². The van der Waals surface area contributed by atoms with Gasteiger partial charge in [0.1, 0.15) is 17.4 Å². The average Bonchev–Trinajstić information content (AvgIpc) is 3.65. The molecular weight excluding hydrogens is 469 g/mol. The van der Waals surface area contributed by atoms with Crippen LogP contribution >= 0.6 is 0 Å². The molecule has 0 radical (unpaired) electrons. The number of aromatic nitrogens is 1. The van der Waals surface area contributed by atoms with E-state index in [1.807, 2.05) is 20.8 Å². The second-order valence-corrected chi connectivity index (χ2v) is 10.3. The Bertz CT molecular complexity index is 1240. The molecule has 1 aromatic carbocycles. The first kappa shape index (κ1) is 25.8. The number of methoxy groups -OCH3 is 1. The number of nitrogens with one attached hydrogen (secondary N) is 1. The first-order valence-electron chi connectivity index (χ1n) is 12.5. The maximum Gasteiger partial charge on any atom is 0.408 e. The van der Waals surface area contributed by atoms with Crippen molar-refractivity contribution in [3.8, 4) is 5.75 Å². The summed E-state index contributed by atoms with van der Waals surface area (Å²) in [7, 11) is 1.40. The van der Waals surface area contributed by atoms with Crippen LogP contribution in [0.4, 0.5) is 14.9 Å². The van der Waals surface area contributed by atoms with Gasteiger partial charge in [0.15, 0.2) is 11.6 Å². The Morgan fingerprint density at radius 1 is 1.31 bits per heavy atom. The normalized spacial score (nSPS) is 19.2. The van der Waals surface area contributed by atoms with Crippen LogP contribution in [0.25, 0.3) is 10.9 Å². The smallest absolute Gasteiger partial charge is 0.408 e. The highest BCUT2D eigenvalue weighted by molar-refractivity contribution is 5.97. The average molecular weight is 504 g/mol. The number of fused-ring (bicyclic) bond motifs is 1. The number of carbonyl (C=O) groups excluding carboxylic acids is 1. The molecule has 0 bridgehead atoms. The molecule has 1 atom stereocenters. The fourth-order valence-corrected chi connectivity index (χ4v) is 5.07. The van der Waals surface area contributed by atoms with E-state index in [2.05, 4.69) is 5.32 Å². The molecule has 1 saturated carbocycles. The number of halogens is 1. The van der Waals surface area contributed by atoms with Crippen molar-refractivity contribution in [1.29, 1.82) is 0 Å². The standard InChI is InChI=1S/C26H34FN3O6/c1-5-6-12-36-25(34)28-24-26(2,3)10-7-11-29(24)20-18(27)13-16-19(22(20)35-4)30(15-8-9-15)14-17(21(16)31)23(32)33/h13-15,24H,5-12H2,1-4H3,(H,28,34)(H,32,33). The van der Waals surface area contributed by atoms with Crippen LogP contribution in [0.1, 0.15) is 75.7 Å². The Labute approximate surface area is 209 Å². The van der Waals surface area contributed by atoms with Crippen LogP contribution in [0.15, 0.2) is 17.1 Å². The van der Waals surface area contributed by atoms with Gasteiger partial charge in [0.25, 0.3) is 0 Å². The molecule has 4 rings (SSSR count).